The van der Waals surface area contributed by atoms with Gasteiger partial charge in [-0.1, -0.05) is 6.92 Å². The molecule has 0 bridgehead atoms. The molecule has 154 valence electrons. The summed E-state index contributed by atoms with van der Waals surface area (Å²) >= 11 is 0. The summed E-state index contributed by atoms with van der Waals surface area (Å²) in [5.41, 5.74) is 5.99. The largest absolute Gasteiger partial charge is 0.366 e. The lowest BCUT2D eigenvalue weighted by molar-refractivity contribution is -0.119. The topological polar surface area (TPSA) is 144 Å². The van der Waals surface area contributed by atoms with E-state index in [1.807, 2.05) is 0 Å². The van der Waals surface area contributed by atoms with Crippen LogP contribution in [0.4, 0.5) is 11.4 Å². The zero-order valence-corrected chi connectivity index (χ0v) is 17.2. The highest BCUT2D eigenvalue weighted by Gasteiger charge is 2.42. The fourth-order valence-electron chi connectivity index (χ4n) is 3.06. The summed E-state index contributed by atoms with van der Waals surface area (Å²) in [6.07, 6.45) is 0. The van der Waals surface area contributed by atoms with Crippen molar-refractivity contribution in [3.63, 3.8) is 0 Å². The van der Waals surface area contributed by atoms with Gasteiger partial charge in [0.25, 0.3) is 10.0 Å². The van der Waals surface area contributed by atoms with Crippen LogP contribution in [0.15, 0.2) is 47.4 Å². The van der Waals surface area contributed by atoms with Crippen molar-refractivity contribution in [3.05, 3.63) is 53.6 Å². The van der Waals surface area contributed by atoms with Gasteiger partial charge < -0.3 is 5.73 Å². The zero-order chi connectivity index (χ0) is 21.6. The summed E-state index contributed by atoms with van der Waals surface area (Å²) in [7, 11) is -7.77. The lowest BCUT2D eigenvalue weighted by Gasteiger charge is -2.17. The number of sulfonamides is 2. The maximum atomic E-state index is 12.7. The Hall–Kier alpha value is -2.92. The molecule has 0 aromatic heterocycles. The first kappa shape index (κ1) is 20.8. The Morgan fingerprint density at radius 3 is 2.28 bits per heavy atom. The van der Waals surface area contributed by atoms with Crippen LogP contribution in [0.5, 0.6) is 0 Å². The molecule has 2 aromatic carbocycles. The molecule has 0 saturated carbocycles. The minimum absolute atomic E-state index is 0.0719. The van der Waals surface area contributed by atoms with Crippen molar-refractivity contribution in [2.45, 2.75) is 18.7 Å². The van der Waals surface area contributed by atoms with Crippen LogP contribution in [0.25, 0.3) is 0 Å². The first-order valence-corrected chi connectivity index (χ1v) is 11.6. The SMILES string of the molecule is Cc1cc(N2C(=O)C(C)CS2(=O)=O)ccc1S(=O)(=O)Nc1ccc(C(N)=O)cc1. The average Bonchev–Trinajstić information content (AvgIpc) is 2.81. The number of primary amides is 1. The summed E-state index contributed by atoms with van der Waals surface area (Å²) < 4.78 is 53.0. The number of nitrogens with two attached hydrogens (primary N) is 1. The third-order valence-corrected chi connectivity index (χ3v) is 7.87. The van der Waals surface area contributed by atoms with Gasteiger partial charge in [-0.05, 0) is 55.0 Å². The number of hydrogen-bond acceptors (Lipinski definition) is 6. The Morgan fingerprint density at radius 1 is 1.17 bits per heavy atom. The molecule has 1 saturated heterocycles. The Balaban J connectivity index is 1.91. The number of aryl methyl sites for hydroxylation is 1. The van der Waals surface area contributed by atoms with Gasteiger partial charge in [0.1, 0.15) is 0 Å². The van der Waals surface area contributed by atoms with Gasteiger partial charge in [-0.15, -0.1) is 0 Å². The van der Waals surface area contributed by atoms with Crippen molar-refractivity contribution in [2.75, 3.05) is 14.8 Å². The molecule has 0 aliphatic carbocycles. The number of anilines is 2. The molecule has 0 radical (unpaired) electrons. The molecule has 1 aliphatic rings. The van der Waals surface area contributed by atoms with Gasteiger partial charge in [0.05, 0.1) is 22.3 Å². The second-order valence-corrected chi connectivity index (χ2v) is 10.3. The predicted molar refractivity (Wildman–Crippen MR) is 107 cm³/mol. The van der Waals surface area contributed by atoms with Crippen LogP contribution in [0.1, 0.15) is 22.8 Å². The smallest absolute Gasteiger partial charge is 0.262 e. The van der Waals surface area contributed by atoms with E-state index in [2.05, 4.69) is 4.72 Å². The van der Waals surface area contributed by atoms with Crippen molar-refractivity contribution >= 4 is 43.2 Å². The van der Waals surface area contributed by atoms with Crippen molar-refractivity contribution in [2.24, 2.45) is 11.7 Å². The van der Waals surface area contributed by atoms with Crippen molar-refractivity contribution in [3.8, 4) is 0 Å². The van der Waals surface area contributed by atoms with E-state index in [0.29, 0.717) is 0 Å². The molecule has 1 aliphatic heterocycles. The number of hydrogen-bond donors (Lipinski definition) is 2. The number of carbonyl (C=O) groups is 2. The average molecular weight is 437 g/mol. The molecule has 29 heavy (non-hydrogen) atoms. The normalized spacial score (nSPS) is 18.6. The highest BCUT2D eigenvalue weighted by molar-refractivity contribution is 7.94. The van der Waals surface area contributed by atoms with E-state index < -0.39 is 37.8 Å². The molecule has 1 unspecified atom stereocenters. The van der Waals surface area contributed by atoms with Gasteiger partial charge in [0.15, 0.2) is 0 Å². The van der Waals surface area contributed by atoms with E-state index in [4.69, 9.17) is 5.73 Å². The van der Waals surface area contributed by atoms with Crippen LogP contribution in [0.2, 0.25) is 0 Å². The number of carbonyl (C=O) groups excluding carboxylic acids is 2. The third-order valence-electron chi connectivity index (χ3n) is 4.46. The molecule has 1 heterocycles. The van der Waals surface area contributed by atoms with Crippen molar-refractivity contribution in [1.29, 1.82) is 0 Å². The Labute approximate surface area is 168 Å². The molecule has 0 spiro atoms. The third kappa shape index (κ3) is 3.96. The molecule has 1 atom stereocenters. The molecule has 3 N–H and O–H groups in total. The summed E-state index contributed by atoms with van der Waals surface area (Å²) in [4.78, 5) is 23.2. The molecule has 3 rings (SSSR count). The maximum absolute atomic E-state index is 12.7. The van der Waals surface area contributed by atoms with Crippen LogP contribution in [0.3, 0.4) is 0 Å². The second kappa shape index (κ2) is 7.16. The highest BCUT2D eigenvalue weighted by Crippen LogP contribution is 2.31. The van der Waals surface area contributed by atoms with E-state index in [1.165, 1.54) is 56.3 Å². The fraction of sp³-hybridized carbons (Fsp3) is 0.222. The summed E-state index contributed by atoms with van der Waals surface area (Å²) in [6.45, 7) is 3.03. The van der Waals surface area contributed by atoms with Gasteiger partial charge in [0, 0.05) is 11.3 Å². The lowest BCUT2D eigenvalue weighted by Crippen LogP contribution is -2.30. The minimum Gasteiger partial charge on any atom is -0.366 e. The minimum atomic E-state index is -3.99. The fourth-order valence-corrected chi connectivity index (χ4v) is 6.16. The summed E-state index contributed by atoms with van der Waals surface area (Å²) in [5.74, 6) is -2.12. The molecular weight excluding hydrogens is 418 g/mol. The Bertz CT molecular complexity index is 1200. The maximum Gasteiger partial charge on any atom is 0.262 e. The number of rotatable bonds is 5. The van der Waals surface area contributed by atoms with Crippen LogP contribution in [-0.4, -0.2) is 34.4 Å². The molecule has 1 fully saturated rings. The first-order chi connectivity index (χ1) is 13.4. The lowest BCUT2D eigenvalue weighted by atomic mass is 10.2. The van der Waals surface area contributed by atoms with Crippen LogP contribution in [-0.2, 0) is 24.8 Å². The van der Waals surface area contributed by atoms with E-state index in [1.54, 1.807) is 0 Å². The Kier molecular flexibility index (Phi) is 5.13. The van der Waals surface area contributed by atoms with Crippen molar-refractivity contribution in [1.82, 2.24) is 0 Å². The molecule has 2 aromatic rings. The first-order valence-electron chi connectivity index (χ1n) is 8.52. The molecular formula is C18H19N3O6S2. The molecule has 11 heteroatoms. The van der Waals surface area contributed by atoms with Gasteiger partial charge in [-0.3, -0.25) is 14.3 Å². The standard InChI is InChI=1S/C18H19N3O6S2/c1-11-9-15(21-18(23)12(2)10-28(21,24)25)7-8-16(11)29(26,27)20-14-5-3-13(4-6-14)17(19)22/h3-9,12,20H,10H2,1-2H3,(H2,19,22). The van der Waals surface area contributed by atoms with E-state index in [9.17, 15) is 26.4 Å². The number of benzene rings is 2. The number of nitrogens with zero attached hydrogens (tertiary/aromatic N) is 1. The van der Waals surface area contributed by atoms with Gasteiger partial charge in [-0.25, -0.2) is 21.1 Å². The van der Waals surface area contributed by atoms with E-state index >= 15 is 0 Å². The number of amides is 2. The predicted octanol–water partition coefficient (Wildman–Crippen LogP) is 1.21. The van der Waals surface area contributed by atoms with E-state index in [0.717, 1.165) is 4.31 Å². The van der Waals surface area contributed by atoms with Crippen LogP contribution >= 0.6 is 0 Å². The zero-order valence-electron chi connectivity index (χ0n) is 15.6. The monoisotopic (exact) mass is 437 g/mol. The second-order valence-electron chi connectivity index (χ2n) is 6.78. The highest BCUT2D eigenvalue weighted by atomic mass is 32.2. The molecule has 9 nitrogen and oxygen atoms in total. The van der Waals surface area contributed by atoms with Crippen molar-refractivity contribution < 1.29 is 26.4 Å². The van der Waals surface area contributed by atoms with Crippen LogP contribution < -0.4 is 14.8 Å². The summed E-state index contributed by atoms with van der Waals surface area (Å²) in [5, 5.41) is 0. The van der Waals surface area contributed by atoms with Gasteiger partial charge in [0.2, 0.25) is 21.8 Å². The van der Waals surface area contributed by atoms with Crippen LogP contribution in [0, 0.1) is 12.8 Å². The van der Waals surface area contributed by atoms with Gasteiger partial charge >= 0.3 is 0 Å². The summed E-state index contributed by atoms with van der Waals surface area (Å²) in [6, 6.07) is 9.46. The van der Waals surface area contributed by atoms with Gasteiger partial charge in [-0.2, -0.15) is 0 Å². The quantitative estimate of drug-likeness (QED) is 0.719. The van der Waals surface area contributed by atoms with E-state index in [-0.39, 0.29) is 33.2 Å². The molecule has 2 amide bonds. The number of nitrogens with one attached hydrogen (secondary N) is 1. The Morgan fingerprint density at radius 2 is 1.79 bits per heavy atom.